The number of aryl methyl sites for hydroxylation is 2. The fraction of sp³-hybridized carbons (Fsp3) is 0.545. The lowest BCUT2D eigenvalue weighted by atomic mass is 10.2. The van der Waals surface area contributed by atoms with E-state index in [9.17, 15) is 4.79 Å². The number of aromatic nitrogens is 3. The quantitative estimate of drug-likeness (QED) is 0.354. The van der Waals surface area contributed by atoms with Gasteiger partial charge in [0, 0.05) is 58.3 Å². The summed E-state index contributed by atoms with van der Waals surface area (Å²) < 4.78 is 7.39. The number of rotatable bonds is 4. The van der Waals surface area contributed by atoms with Gasteiger partial charge >= 0.3 is 0 Å². The summed E-state index contributed by atoms with van der Waals surface area (Å²) in [5.41, 5.74) is 3.11. The Labute approximate surface area is 206 Å². The molecule has 2 aromatic heterocycles. The van der Waals surface area contributed by atoms with E-state index in [4.69, 9.17) is 4.74 Å². The Morgan fingerprint density at radius 1 is 1.22 bits per heavy atom. The third kappa shape index (κ3) is 5.58. The van der Waals surface area contributed by atoms with Gasteiger partial charge in [0.2, 0.25) is 0 Å². The lowest BCUT2D eigenvalue weighted by Gasteiger charge is -2.37. The normalized spacial score (nSPS) is 19.1. The first kappa shape index (κ1) is 24.4. The van der Waals surface area contributed by atoms with Crippen molar-refractivity contribution in [3.8, 4) is 5.82 Å². The molecule has 0 aromatic carbocycles. The van der Waals surface area contributed by atoms with E-state index < -0.39 is 0 Å². The zero-order chi connectivity index (χ0) is 21.8. The topological polar surface area (TPSA) is 87.9 Å². The molecule has 1 atom stereocenters. The number of guanidine groups is 1. The van der Waals surface area contributed by atoms with Crippen LogP contribution in [0.4, 0.5) is 0 Å². The van der Waals surface area contributed by atoms with Gasteiger partial charge in [-0.2, -0.15) is 5.10 Å². The van der Waals surface area contributed by atoms with E-state index in [0.717, 1.165) is 54.7 Å². The van der Waals surface area contributed by atoms with Gasteiger partial charge in [0.15, 0.2) is 11.8 Å². The van der Waals surface area contributed by atoms with Crippen LogP contribution in [-0.4, -0.2) is 82.4 Å². The minimum Gasteiger partial charge on any atom is -0.368 e. The summed E-state index contributed by atoms with van der Waals surface area (Å²) in [5.74, 6) is 1.78. The second kappa shape index (κ2) is 11.1. The van der Waals surface area contributed by atoms with Crippen molar-refractivity contribution in [3.63, 3.8) is 0 Å². The molecule has 32 heavy (non-hydrogen) atoms. The number of amides is 1. The lowest BCUT2D eigenvalue weighted by Crippen LogP contribution is -2.55. The van der Waals surface area contributed by atoms with Crippen LogP contribution in [-0.2, 0) is 16.1 Å². The maximum Gasteiger partial charge on any atom is 0.251 e. The third-order valence-electron chi connectivity index (χ3n) is 5.79. The molecule has 0 spiro atoms. The van der Waals surface area contributed by atoms with Crippen LogP contribution in [0.2, 0.25) is 0 Å². The van der Waals surface area contributed by atoms with Crippen LogP contribution in [0.1, 0.15) is 29.8 Å². The molecule has 0 bridgehead atoms. The number of nitrogens with zero attached hydrogens (tertiary/aromatic N) is 6. The molecule has 2 aromatic rings. The Hall–Kier alpha value is -2.21. The van der Waals surface area contributed by atoms with Crippen molar-refractivity contribution in [2.45, 2.75) is 39.3 Å². The van der Waals surface area contributed by atoms with Crippen LogP contribution >= 0.6 is 24.0 Å². The van der Waals surface area contributed by atoms with Crippen LogP contribution in [0.5, 0.6) is 0 Å². The van der Waals surface area contributed by atoms with Crippen molar-refractivity contribution in [3.05, 3.63) is 41.3 Å². The average Bonchev–Trinajstić information content (AvgIpc) is 3.44. The number of carbonyl (C=O) groups excluding carboxylic acids is 1. The maximum absolute atomic E-state index is 12.5. The molecular weight excluding hydrogens is 521 g/mol. The lowest BCUT2D eigenvalue weighted by molar-refractivity contribution is -0.142. The number of nitrogens with one attached hydrogen (secondary N) is 1. The van der Waals surface area contributed by atoms with Gasteiger partial charge < -0.3 is 19.9 Å². The molecule has 4 heterocycles. The molecule has 174 valence electrons. The number of piperazine rings is 1. The van der Waals surface area contributed by atoms with Crippen molar-refractivity contribution >= 4 is 35.8 Å². The van der Waals surface area contributed by atoms with Crippen LogP contribution in [0, 0.1) is 13.8 Å². The molecule has 0 aliphatic carbocycles. The van der Waals surface area contributed by atoms with Crippen molar-refractivity contribution in [1.29, 1.82) is 0 Å². The molecule has 2 fully saturated rings. The van der Waals surface area contributed by atoms with Crippen molar-refractivity contribution in [1.82, 2.24) is 29.9 Å². The summed E-state index contributed by atoms with van der Waals surface area (Å²) in [5, 5.41) is 7.89. The predicted molar refractivity (Wildman–Crippen MR) is 134 cm³/mol. The average molecular weight is 553 g/mol. The van der Waals surface area contributed by atoms with E-state index >= 15 is 0 Å². The first-order valence-corrected chi connectivity index (χ1v) is 10.9. The summed E-state index contributed by atoms with van der Waals surface area (Å²) in [4.78, 5) is 25.6. The molecule has 2 aliphatic rings. The summed E-state index contributed by atoms with van der Waals surface area (Å²) in [7, 11) is 1.79. The van der Waals surface area contributed by atoms with Crippen molar-refractivity contribution in [2.24, 2.45) is 4.99 Å². The number of hydrogen-bond acceptors (Lipinski definition) is 5. The van der Waals surface area contributed by atoms with Gasteiger partial charge in [-0.25, -0.2) is 9.67 Å². The van der Waals surface area contributed by atoms with Gasteiger partial charge in [0.05, 0.1) is 5.69 Å². The van der Waals surface area contributed by atoms with Gasteiger partial charge in [-0.15, -0.1) is 24.0 Å². The summed E-state index contributed by atoms with van der Waals surface area (Å²) in [6.07, 6.45) is 3.44. The number of hydrogen-bond donors (Lipinski definition) is 1. The van der Waals surface area contributed by atoms with Crippen LogP contribution in [0.15, 0.2) is 29.4 Å². The largest absolute Gasteiger partial charge is 0.368 e. The minimum absolute atomic E-state index is 0. The molecule has 10 heteroatoms. The third-order valence-corrected chi connectivity index (χ3v) is 5.79. The summed E-state index contributed by atoms with van der Waals surface area (Å²) >= 11 is 0. The highest BCUT2D eigenvalue weighted by Gasteiger charge is 2.30. The molecule has 0 radical (unpaired) electrons. The van der Waals surface area contributed by atoms with E-state index in [1.807, 2.05) is 41.8 Å². The molecule has 4 rings (SSSR count). The van der Waals surface area contributed by atoms with E-state index in [1.54, 1.807) is 7.05 Å². The maximum atomic E-state index is 12.5. The fourth-order valence-electron chi connectivity index (χ4n) is 4.14. The van der Waals surface area contributed by atoms with Crippen molar-refractivity contribution in [2.75, 3.05) is 39.8 Å². The molecule has 1 unspecified atom stereocenters. The highest BCUT2D eigenvalue weighted by molar-refractivity contribution is 14.0. The first-order chi connectivity index (χ1) is 15.0. The Morgan fingerprint density at radius 2 is 1.97 bits per heavy atom. The highest BCUT2D eigenvalue weighted by atomic mass is 127. The Morgan fingerprint density at radius 3 is 2.53 bits per heavy atom. The van der Waals surface area contributed by atoms with E-state index in [0.29, 0.717) is 26.2 Å². The smallest absolute Gasteiger partial charge is 0.251 e. The molecule has 0 saturated carbocycles. The van der Waals surface area contributed by atoms with Crippen LogP contribution in [0.25, 0.3) is 5.82 Å². The van der Waals surface area contributed by atoms with Gasteiger partial charge in [-0.3, -0.25) is 9.79 Å². The first-order valence-electron chi connectivity index (χ1n) is 10.9. The summed E-state index contributed by atoms with van der Waals surface area (Å²) in [6.45, 7) is 8.23. The number of carbonyl (C=O) groups is 1. The summed E-state index contributed by atoms with van der Waals surface area (Å²) in [6, 6.07) is 6.07. The second-order valence-electron chi connectivity index (χ2n) is 8.08. The van der Waals surface area contributed by atoms with Gasteiger partial charge in [-0.05, 0) is 44.4 Å². The molecule has 2 saturated heterocycles. The number of halogens is 1. The van der Waals surface area contributed by atoms with Gasteiger partial charge in [0.1, 0.15) is 6.10 Å². The van der Waals surface area contributed by atoms with E-state index in [2.05, 4.69) is 31.4 Å². The Kier molecular flexibility index (Phi) is 8.46. The minimum atomic E-state index is -0.242. The fourth-order valence-corrected chi connectivity index (χ4v) is 4.14. The van der Waals surface area contributed by atoms with Crippen molar-refractivity contribution < 1.29 is 9.53 Å². The number of ether oxygens (including phenoxy) is 1. The molecule has 1 N–H and O–H groups in total. The SMILES string of the molecule is CN=C(NCc1ccc(-n2nc(C)cc2C)nc1)N1CCN(C(=O)C2CCCO2)CC1.I. The highest BCUT2D eigenvalue weighted by Crippen LogP contribution is 2.16. The molecule has 2 aliphatic heterocycles. The molecule has 1 amide bonds. The standard InChI is InChI=1S/C22H31N7O2.HI/c1-16-13-17(2)29(26-16)20-7-6-18(14-24-20)15-25-22(23-3)28-10-8-27(9-11-28)21(30)19-5-4-12-31-19;/h6-7,13-14,19H,4-5,8-12,15H2,1-3H3,(H,23,25);1H. The number of aliphatic imine (C=N–C) groups is 1. The number of pyridine rings is 1. The molecule has 9 nitrogen and oxygen atoms in total. The van der Waals surface area contributed by atoms with E-state index in [1.165, 1.54) is 0 Å². The Bertz CT molecular complexity index is 930. The van der Waals surface area contributed by atoms with Gasteiger partial charge in [-0.1, -0.05) is 6.07 Å². The predicted octanol–water partition coefficient (Wildman–Crippen LogP) is 1.90. The Balaban J connectivity index is 0.00000289. The zero-order valence-corrected chi connectivity index (χ0v) is 21.3. The van der Waals surface area contributed by atoms with Crippen LogP contribution < -0.4 is 5.32 Å². The van der Waals surface area contributed by atoms with Gasteiger partial charge in [0.25, 0.3) is 5.91 Å². The van der Waals surface area contributed by atoms with E-state index in [-0.39, 0.29) is 36.0 Å². The second-order valence-corrected chi connectivity index (χ2v) is 8.08. The zero-order valence-electron chi connectivity index (χ0n) is 19.0. The monoisotopic (exact) mass is 553 g/mol. The van der Waals surface area contributed by atoms with Crippen LogP contribution in [0.3, 0.4) is 0 Å². The molecular formula is C22H32IN7O2.